The van der Waals surface area contributed by atoms with Crippen molar-refractivity contribution < 1.29 is 47.9 Å². The molecule has 0 aliphatic rings. The van der Waals surface area contributed by atoms with E-state index in [4.69, 9.17) is 0 Å². The minimum Gasteiger partial charge on any atom is -0.459 e. The van der Waals surface area contributed by atoms with Crippen molar-refractivity contribution in [3.05, 3.63) is 0 Å². The summed E-state index contributed by atoms with van der Waals surface area (Å²) in [5.41, 5.74) is -0.717. The second-order valence-corrected chi connectivity index (χ2v) is 3.90. The largest absolute Gasteiger partial charge is 1.00 e. The fourth-order valence-electron chi connectivity index (χ4n) is 0.409. The van der Waals surface area contributed by atoms with Gasteiger partial charge in [-0.25, -0.2) is 8.78 Å². The van der Waals surface area contributed by atoms with Gasteiger partial charge in [-0.3, -0.25) is 4.79 Å². The Labute approximate surface area is 99.3 Å². The normalized spacial score (nSPS) is 11.8. The van der Waals surface area contributed by atoms with E-state index < -0.39 is 23.9 Å². The molecule has 0 N–H and O–H groups in total. The maximum atomic E-state index is 12.2. The van der Waals surface area contributed by atoms with Crippen molar-refractivity contribution >= 4 is 5.97 Å². The van der Waals surface area contributed by atoms with Gasteiger partial charge in [0.1, 0.15) is 0 Å². The number of hydrogen-bond acceptors (Lipinski definition) is 2. The van der Waals surface area contributed by atoms with E-state index >= 15 is 0 Å². The number of rotatable bonds is 2. The van der Waals surface area contributed by atoms with E-state index in [-0.39, 0.29) is 29.6 Å². The molecule has 0 aromatic heterocycles. The Morgan fingerprint density at radius 3 is 1.85 bits per heavy atom. The van der Waals surface area contributed by atoms with E-state index in [1.165, 1.54) is 0 Å². The number of carbonyl (C=O) groups excluding carboxylic acids is 1. The first-order valence-corrected chi connectivity index (χ1v) is 3.68. The molecule has 0 saturated heterocycles. The first-order chi connectivity index (χ1) is 5.13. The van der Waals surface area contributed by atoms with Gasteiger partial charge in [0.05, 0.1) is 5.41 Å². The fourth-order valence-corrected chi connectivity index (χ4v) is 0.409. The van der Waals surface area contributed by atoms with Crippen LogP contribution in [0.15, 0.2) is 0 Å². The van der Waals surface area contributed by atoms with Crippen LogP contribution in [0.1, 0.15) is 27.7 Å². The molecule has 13 heavy (non-hydrogen) atoms. The Kier molecular flexibility index (Phi) is 6.40. The van der Waals surface area contributed by atoms with Crippen LogP contribution in [0.3, 0.4) is 0 Å². The molecule has 0 aromatic rings. The Hall–Kier alpha value is 0.330. The van der Waals surface area contributed by atoms with Crippen molar-refractivity contribution in [3.8, 4) is 0 Å². The SMILES string of the molecule is CC(F)(F)COC(=O)C(C)(C)C.[Na+]. The average molecular weight is 203 g/mol. The monoisotopic (exact) mass is 203 g/mol. The van der Waals surface area contributed by atoms with Crippen molar-refractivity contribution in [3.63, 3.8) is 0 Å². The molecule has 0 heterocycles. The molecule has 2 nitrogen and oxygen atoms in total. The van der Waals surface area contributed by atoms with Gasteiger partial charge < -0.3 is 4.74 Å². The van der Waals surface area contributed by atoms with E-state index in [0.717, 1.165) is 0 Å². The third-order valence-electron chi connectivity index (χ3n) is 1.07. The van der Waals surface area contributed by atoms with Crippen LogP contribution in [-0.4, -0.2) is 18.5 Å². The van der Waals surface area contributed by atoms with Gasteiger partial charge in [0.15, 0.2) is 6.61 Å². The molecule has 5 heteroatoms. The zero-order chi connectivity index (χ0) is 9.99. The molecule has 0 aliphatic heterocycles. The smallest absolute Gasteiger partial charge is 0.459 e. The number of alkyl halides is 2. The van der Waals surface area contributed by atoms with E-state index in [2.05, 4.69) is 4.74 Å². The molecule has 0 unspecified atom stereocenters. The van der Waals surface area contributed by atoms with Crippen LogP contribution in [0, 0.1) is 5.41 Å². The molecule has 0 spiro atoms. The molecule has 72 valence electrons. The topological polar surface area (TPSA) is 26.3 Å². The van der Waals surface area contributed by atoms with Gasteiger partial charge in [0.2, 0.25) is 0 Å². The van der Waals surface area contributed by atoms with Crippen molar-refractivity contribution in [2.24, 2.45) is 5.41 Å². The Bertz CT molecular complexity index is 170. The van der Waals surface area contributed by atoms with Gasteiger partial charge in [0, 0.05) is 6.92 Å². The Morgan fingerprint density at radius 2 is 1.62 bits per heavy atom. The predicted octanol–water partition coefficient (Wildman–Crippen LogP) is -0.765. The standard InChI is InChI=1S/C8H14F2O2.Na/c1-7(2,3)6(11)12-5-8(4,9)10;/h5H2,1-4H3;/q;+1. The van der Waals surface area contributed by atoms with Crippen molar-refractivity contribution in [1.82, 2.24) is 0 Å². The van der Waals surface area contributed by atoms with Crippen molar-refractivity contribution in [2.45, 2.75) is 33.6 Å². The molecular weight excluding hydrogens is 189 g/mol. The number of esters is 1. The third kappa shape index (κ3) is 8.65. The molecule has 0 radical (unpaired) electrons. The molecule has 0 aromatic carbocycles. The van der Waals surface area contributed by atoms with Gasteiger partial charge in [-0.1, -0.05) is 0 Å². The number of carbonyl (C=O) groups is 1. The van der Waals surface area contributed by atoms with Gasteiger partial charge >= 0.3 is 35.5 Å². The average Bonchev–Trinajstić information content (AvgIpc) is 1.78. The van der Waals surface area contributed by atoms with Crippen LogP contribution in [0.4, 0.5) is 8.78 Å². The number of hydrogen-bond donors (Lipinski definition) is 0. The minimum atomic E-state index is -2.94. The predicted molar refractivity (Wildman–Crippen MR) is 41.0 cm³/mol. The Morgan fingerprint density at radius 1 is 1.23 bits per heavy atom. The van der Waals surface area contributed by atoms with Crippen LogP contribution >= 0.6 is 0 Å². The summed E-state index contributed by atoms with van der Waals surface area (Å²) >= 11 is 0. The second kappa shape index (κ2) is 5.27. The molecule has 0 fully saturated rings. The minimum absolute atomic E-state index is 0. The summed E-state index contributed by atoms with van der Waals surface area (Å²) in [4.78, 5) is 11.0. The molecule has 0 aliphatic carbocycles. The third-order valence-corrected chi connectivity index (χ3v) is 1.07. The summed E-state index contributed by atoms with van der Waals surface area (Å²) in [7, 11) is 0. The number of halogens is 2. The summed E-state index contributed by atoms with van der Waals surface area (Å²) in [5.74, 6) is -3.55. The first-order valence-electron chi connectivity index (χ1n) is 3.68. The summed E-state index contributed by atoms with van der Waals surface area (Å²) in [6, 6.07) is 0. The zero-order valence-corrected chi connectivity index (χ0v) is 10.8. The van der Waals surface area contributed by atoms with Gasteiger partial charge in [0.25, 0.3) is 5.92 Å². The molecular formula is C8H14F2NaO2+. The summed E-state index contributed by atoms with van der Waals surface area (Å²) in [6.45, 7) is 4.71. The molecule has 0 atom stereocenters. The quantitative estimate of drug-likeness (QED) is 0.435. The Balaban J connectivity index is 0. The second-order valence-electron chi connectivity index (χ2n) is 3.90. The summed E-state index contributed by atoms with van der Waals surface area (Å²) in [5, 5.41) is 0. The van der Waals surface area contributed by atoms with Gasteiger partial charge in [-0.05, 0) is 20.8 Å². The molecule has 0 saturated carbocycles. The van der Waals surface area contributed by atoms with Crippen LogP contribution in [0.25, 0.3) is 0 Å². The maximum absolute atomic E-state index is 12.2. The van der Waals surface area contributed by atoms with E-state index in [1.54, 1.807) is 20.8 Å². The summed E-state index contributed by atoms with van der Waals surface area (Å²) in [6.07, 6.45) is 0. The van der Waals surface area contributed by atoms with Crippen LogP contribution in [-0.2, 0) is 9.53 Å². The van der Waals surface area contributed by atoms with Gasteiger partial charge in [-0.2, -0.15) is 0 Å². The fraction of sp³-hybridized carbons (Fsp3) is 0.875. The summed E-state index contributed by atoms with van der Waals surface area (Å²) < 4.78 is 28.8. The zero-order valence-electron chi connectivity index (χ0n) is 8.78. The first kappa shape index (κ1) is 15.8. The maximum Gasteiger partial charge on any atom is 1.00 e. The van der Waals surface area contributed by atoms with Gasteiger partial charge in [-0.15, -0.1) is 0 Å². The van der Waals surface area contributed by atoms with Crippen LogP contribution in [0.2, 0.25) is 0 Å². The molecule has 0 rings (SSSR count). The van der Waals surface area contributed by atoms with E-state index in [1.807, 2.05) is 0 Å². The van der Waals surface area contributed by atoms with Crippen molar-refractivity contribution in [2.75, 3.05) is 6.61 Å². The van der Waals surface area contributed by atoms with E-state index in [9.17, 15) is 13.6 Å². The number of ether oxygens (including phenoxy) is 1. The molecule has 0 amide bonds. The van der Waals surface area contributed by atoms with Crippen LogP contribution < -0.4 is 29.6 Å². The van der Waals surface area contributed by atoms with E-state index in [0.29, 0.717) is 6.92 Å². The van der Waals surface area contributed by atoms with Crippen molar-refractivity contribution in [1.29, 1.82) is 0 Å². The molecule has 0 bridgehead atoms. The van der Waals surface area contributed by atoms with Crippen LogP contribution in [0.5, 0.6) is 0 Å².